The van der Waals surface area contributed by atoms with Crippen LogP contribution >= 0.6 is 0 Å². The average Bonchev–Trinajstić information content (AvgIpc) is 3.52. The van der Waals surface area contributed by atoms with Crippen molar-refractivity contribution in [1.82, 2.24) is 29.6 Å². The Labute approximate surface area is 204 Å². The minimum Gasteiger partial charge on any atom is -0.449 e. The first-order valence-electron chi connectivity index (χ1n) is 12.0. The van der Waals surface area contributed by atoms with E-state index in [1.54, 1.807) is 11.1 Å². The van der Waals surface area contributed by atoms with Crippen LogP contribution < -0.4 is 0 Å². The first-order valence-corrected chi connectivity index (χ1v) is 12.0. The molecule has 8 heteroatoms. The molecule has 1 aliphatic rings. The lowest BCUT2D eigenvalue weighted by Crippen LogP contribution is -2.26. The Balaban J connectivity index is 1.44. The third kappa shape index (κ3) is 5.37. The third-order valence-corrected chi connectivity index (χ3v) is 5.97. The number of carbonyl (C=O) groups excluding carboxylic acids is 1. The van der Waals surface area contributed by atoms with Crippen LogP contribution in [-0.4, -0.2) is 42.3 Å². The number of amides is 1. The van der Waals surface area contributed by atoms with E-state index in [9.17, 15) is 4.79 Å². The van der Waals surface area contributed by atoms with E-state index in [2.05, 4.69) is 24.0 Å². The lowest BCUT2D eigenvalue weighted by atomic mass is 10.1. The van der Waals surface area contributed by atoms with Gasteiger partial charge >= 0.3 is 6.09 Å². The van der Waals surface area contributed by atoms with Gasteiger partial charge in [0.25, 0.3) is 0 Å². The van der Waals surface area contributed by atoms with Crippen LogP contribution in [0.15, 0.2) is 67.1 Å². The molecule has 5 rings (SSSR count). The zero-order valence-electron chi connectivity index (χ0n) is 19.8. The number of aromatic nitrogens is 5. The van der Waals surface area contributed by atoms with Gasteiger partial charge in [-0.25, -0.2) is 14.8 Å². The van der Waals surface area contributed by atoms with Crippen molar-refractivity contribution < 1.29 is 9.53 Å². The van der Waals surface area contributed by atoms with Crippen LogP contribution in [0, 0.1) is 0 Å². The summed E-state index contributed by atoms with van der Waals surface area (Å²) in [6.45, 7) is 3.94. The molecule has 0 spiro atoms. The Morgan fingerprint density at radius 2 is 1.89 bits per heavy atom. The minimum atomic E-state index is -0.311. The fraction of sp³-hybridized carbons (Fsp3) is 0.296. The zero-order chi connectivity index (χ0) is 24.0. The number of pyridine rings is 1. The highest BCUT2D eigenvalue weighted by Crippen LogP contribution is 2.30. The molecule has 0 saturated carbocycles. The number of benzene rings is 1. The van der Waals surface area contributed by atoms with Gasteiger partial charge in [-0.3, -0.25) is 14.6 Å². The Morgan fingerprint density at radius 3 is 2.69 bits per heavy atom. The lowest BCUT2D eigenvalue weighted by Gasteiger charge is -2.14. The number of fused-ring (bicyclic) bond motifs is 1. The maximum atomic E-state index is 12.6. The van der Waals surface area contributed by atoms with Crippen molar-refractivity contribution >= 4 is 6.09 Å². The van der Waals surface area contributed by atoms with Gasteiger partial charge in [-0.2, -0.15) is 5.10 Å². The summed E-state index contributed by atoms with van der Waals surface area (Å²) in [5.41, 5.74) is 5.53. The molecule has 0 unspecified atom stereocenters. The molecule has 1 aromatic carbocycles. The van der Waals surface area contributed by atoms with Crippen molar-refractivity contribution in [3.8, 4) is 11.4 Å². The van der Waals surface area contributed by atoms with Gasteiger partial charge in [-0.15, -0.1) is 0 Å². The second kappa shape index (κ2) is 10.5. The number of rotatable bonds is 8. The highest BCUT2D eigenvalue weighted by atomic mass is 16.6. The van der Waals surface area contributed by atoms with Crippen LogP contribution in [0.25, 0.3) is 11.4 Å². The normalized spacial score (nSPS) is 12.5. The van der Waals surface area contributed by atoms with Crippen LogP contribution in [0.3, 0.4) is 0 Å². The van der Waals surface area contributed by atoms with E-state index in [1.807, 2.05) is 53.5 Å². The zero-order valence-corrected chi connectivity index (χ0v) is 19.8. The number of ether oxygens (including phenoxy) is 1. The van der Waals surface area contributed by atoms with Crippen molar-refractivity contribution in [2.45, 2.75) is 45.8 Å². The number of hydrogen-bond acceptors (Lipinski definition) is 6. The van der Waals surface area contributed by atoms with Gasteiger partial charge in [0.2, 0.25) is 0 Å². The highest BCUT2D eigenvalue weighted by Gasteiger charge is 2.30. The third-order valence-electron chi connectivity index (χ3n) is 5.97. The largest absolute Gasteiger partial charge is 0.449 e. The Bertz CT molecular complexity index is 1290. The fourth-order valence-electron chi connectivity index (χ4n) is 4.15. The van der Waals surface area contributed by atoms with E-state index in [-0.39, 0.29) is 6.09 Å². The molecule has 4 heterocycles. The van der Waals surface area contributed by atoms with Gasteiger partial charge in [0, 0.05) is 30.6 Å². The second-order valence-corrected chi connectivity index (χ2v) is 8.66. The summed E-state index contributed by atoms with van der Waals surface area (Å²) in [5, 5.41) is 4.80. The number of unbranched alkanes of at least 4 members (excludes halogenated alkanes) is 1. The monoisotopic (exact) mass is 468 g/mol. The lowest BCUT2D eigenvalue weighted by molar-refractivity contribution is 0.100. The molecule has 178 valence electrons. The summed E-state index contributed by atoms with van der Waals surface area (Å²) < 4.78 is 7.33. The van der Waals surface area contributed by atoms with Crippen LogP contribution in [0.2, 0.25) is 0 Å². The van der Waals surface area contributed by atoms with Gasteiger partial charge in [-0.05, 0) is 29.7 Å². The fourth-order valence-corrected chi connectivity index (χ4v) is 4.15. The predicted octanol–water partition coefficient (Wildman–Crippen LogP) is 4.63. The summed E-state index contributed by atoms with van der Waals surface area (Å²) in [6, 6.07) is 16.1. The first kappa shape index (κ1) is 22.7. The van der Waals surface area contributed by atoms with E-state index in [0.29, 0.717) is 38.5 Å². The van der Waals surface area contributed by atoms with Gasteiger partial charge in [0.05, 0.1) is 37.6 Å². The summed E-state index contributed by atoms with van der Waals surface area (Å²) in [4.78, 5) is 28.3. The SMILES string of the molecule is CCCCOC(=O)N1Cc2nc(Cc3ccccc3)nc(-c3ccn(Cc4cccnc4)n3)c2C1. The molecule has 0 N–H and O–H groups in total. The summed E-state index contributed by atoms with van der Waals surface area (Å²) >= 11 is 0. The number of hydrogen-bond donors (Lipinski definition) is 0. The van der Waals surface area contributed by atoms with E-state index >= 15 is 0 Å². The average molecular weight is 469 g/mol. The molecule has 0 atom stereocenters. The van der Waals surface area contributed by atoms with Gasteiger partial charge in [-0.1, -0.05) is 49.7 Å². The molecule has 8 nitrogen and oxygen atoms in total. The van der Waals surface area contributed by atoms with Gasteiger partial charge < -0.3 is 4.74 Å². The molecule has 0 fully saturated rings. The molecule has 35 heavy (non-hydrogen) atoms. The Kier molecular flexibility index (Phi) is 6.79. The second-order valence-electron chi connectivity index (χ2n) is 8.66. The maximum Gasteiger partial charge on any atom is 0.410 e. The summed E-state index contributed by atoms with van der Waals surface area (Å²) in [5.74, 6) is 0.716. The summed E-state index contributed by atoms with van der Waals surface area (Å²) in [7, 11) is 0. The van der Waals surface area contributed by atoms with Crippen molar-refractivity contribution in [3.63, 3.8) is 0 Å². The molecular weight excluding hydrogens is 440 g/mol. The van der Waals surface area contributed by atoms with Crippen LogP contribution in [0.1, 0.15) is 48.0 Å². The first-order chi connectivity index (χ1) is 17.2. The van der Waals surface area contributed by atoms with E-state index in [1.165, 1.54) is 0 Å². The van der Waals surface area contributed by atoms with Crippen molar-refractivity contribution in [2.75, 3.05) is 6.61 Å². The number of nitrogens with zero attached hydrogens (tertiary/aromatic N) is 6. The van der Waals surface area contributed by atoms with Crippen LogP contribution in [0.4, 0.5) is 4.79 Å². The Hall–Kier alpha value is -4.07. The van der Waals surface area contributed by atoms with E-state index in [4.69, 9.17) is 19.8 Å². The Morgan fingerprint density at radius 1 is 1.03 bits per heavy atom. The molecule has 0 bridgehead atoms. The quantitative estimate of drug-likeness (QED) is 0.351. The number of carbonyl (C=O) groups is 1. The predicted molar refractivity (Wildman–Crippen MR) is 131 cm³/mol. The van der Waals surface area contributed by atoms with E-state index < -0.39 is 0 Å². The van der Waals surface area contributed by atoms with Crippen molar-refractivity contribution in [2.24, 2.45) is 0 Å². The highest BCUT2D eigenvalue weighted by molar-refractivity contribution is 5.70. The van der Waals surface area contributed by atoms with Crippen molar-refractivity contribution in [1.29, 1.82) is 0 Å². The molecule has 1 aliphatic heterocycles. The molecule has 1 amide bonds. The van der Waals surface area contributed by atoms with Gasteiger partial charge in [0.15, 0.2) is 0 Å². The maximum absolute atomic E-state index is 12.6. The van der Waals surface area contributed by atoms with Gasteiger partial charge in [0.1, 0.15) is 11.5 Å². The van der Waals surface area contributed by atoms with Crippen molar-refractivity contribution in [3.05, 3.63) is 95.3 Å². The summed E-state index contributed by atoms with van der Waals surface area (Å²) in [6.07, 6.45) is 7.67. The minimum absolute atomic E-state index is 0.311. The molecule has 4 aromatic rings. The van der Waals surface area contributed by atoms with Crippen LogP contribution in [0.5, 0.6) is 0 Å². The van der Waals surface area contributed by atoms with Crippen LogP contribution in [-0.2, 0) is 30.8 Å². The smallest absolute Gasteiger partial charge is 0.410 e. The topological polar surface area (TPSA) is 86.0 Å². The molecule has 3 aromatic heterocycles. The molecule has 0 aliphatic carbocycles. The molecule has 0 saturated heterocycles. The molecule has 0 radical (unpaired) electrons. The van der Waals surface area contributed by atoms with E-state index in [0.717, 1.165) is 46.6 Å². The molecular formula is C27H28N6O2. The standard InChI is InChI=1S/C27H28N6O2/c1-2-3-14-35-27(34)32-18-22-24(19-32)29-25(15-20-8-5-4-6-9-20)30-26(22)23-11-13-33(31-23)17-21-10-7-12-28-16-21/h4-13,16H,2-3,14-15,17-19H2,1H3.